The summed E-state index contributed by atoms with van der Waals surface area (Å²) in [7, 11) is -3.46. The van der Waals surface area contributed by atoms with E-state index in [0.717, 1.165) is 6.42 Å². The summed E-state index contributed by atoms with van der Waals surface area (Å²) in [5, 5.41) is 8.91. The number of nitrogens with two attached hydrogens (primary N) is 1. The minimum atomic E-state index is -3.46. The van der Waals surface area contributed by atoms with Gasteiger partial charge in [-0.3, -0.25) is 0 Å². The highest BCUT2D eigenvalue weighted by Crippen LogP contribution is 2.29. The number of halogens is 1. The molecule has 1 saturated heterocycles. The van der Waals surface area contributed by atoms with E-state index < -0.39 is 10.0 Å². The molecule has 1 aliphatic heterocycles. The van der Waals surface area contributed by atoms with Crippen molar-refractivity contribution in [3.05, 3.63) is 22.7 Å². The summed E-state index contributed by atoms with van der Waals surface area (Å²) >= 11 is 3.24. The third-order valence-corrected chi connectivity index (χ3v) is 5.94. The zero-order valence-electron chi connectivity index (χ0n) is 10.4. The van der Waals surface area contributed by atoms with Gasteiger partial charge in [-0.05, 0) is 52.9 Å². The number of hydrogen-bond donors (Lipinski definition) is 2. The lowest BCUT2D eigenvalue weighted by atomic mass is 10.1. The van der Waals surface area contributed by atoms with Crippen LogP contribution in [0, 0.1) is 5.92 Å². The van der Waals surface area contributed by atoms with E-state index in [4.69, 9.17) is 10.8 Å². The number of hydrogen-bond acceptors (Lipinski definition) is 4. The molecule has 3 N–H and O–H groups in total. The number of sulfonamides is 1. The number of rotatable bonds is 4. The lowest BCUT2D eigenvalue weighted by Gasteiger charge is -2.17. The lowest BCUT2D eigenvalue weighted by molar-refractivity contribution is 0.259. The fourth-order valence-electron chi connectivity index (χ4n) is 2.25. The number of aliphatic hydroxyl groups excluding tert-OH is 1. The van der Waals surface area contributed by atoms with Gasteiger partial charge in [0.05, 0.1) is 4.90 Å². The van der Waals surface area contributed by atoms with Crippen LogP contribution in [0.2, 0.25) is 0 Å². The molecular weight excluding hydrogens is 332 g/mol. The largest absolute Gasteiger partial charge is 0.398 e. The molecule has 2 rings (SSSR count). The highest BCUT2D eigenvalue weighted by atomic mass is 79.9. The highest BCUT2D eigenvalue weighted by Gasteiger charge is 2.32. The van der Waals surface area contributed by atoms with Crippen LogP contribution in [0.5, 0.6) is 0 Å². The first-order chi connectivity index (χ1) is 8.95. The minimum Gasteiger partial charge on any atom is -0.398 e. The molecule has 5 nitrogen and oxygen atoms in total. The molecule has 1 aliphatic rings. The van der Waals surface area contributed by atoms with Crippen molar-refractivity contribution >= 4 is 31.6 Å². The van der Waals surface area contributed by atoms with Gasteiger partial charge in [0.25, 0.3) is 0 Å². The number of anilines is 1. The summed E-state index contributed by atoms with van der Waals surface area (Å²) < 4.78 is 27.0. The van der Waals surface area contributed by atoms with E-state index in [-0.39, 0.29) is 17.4 Å². The van der Waals surface area contributed by atoms with Crippen LogP contribution in [0.4, 0.5) is 5.69 Å². The van der Waals surface area contributed by atoms with Crippen LogP contribution in [0.25, 0.3) is 0 Å². The van der Waals surface area contributed by atoms with Gasteiger partial charge in [-0.25, -0.2) is 8.42 Å². The molecule has 1 aromatic rings. The van der Waals surface area contributed by atoms with Gasteiger partial charge < -0.3 is 10.8 Å². The molecule has 1 fully saturated rings. The Morgan fingerprint density at radius 1 is 1.47 bits per heavy atom. The second kappa shape index (κ2) is 5.78. The average Bonchev–Trinajstić information content (AvgIpc) is 2.82. The van der Waals surface area contributed by atoms with E-state index in [9.17, 15) is 8.42 Å². The van der Waals surface area contributed by atoms with Crippen LogP contribution in [0.1, 0.15) is 12.8 Å². The molecule has 0 aromatic heterocycles. The third-order valence-electron chi connectivity index (χ3n) is 3.40. The zero-order chi connectivity index (χ0) is 14.0. The standard InChI is InChI=1S/C12H17BrN2O3S/c13-11-7-10(1-2-12(11)14)19(17,18)15-5-3-9(8-15)4-6-16/h1-2,7,9,16H,3-6,8,14H2. The van der Waals surface area contributed by atoms with Crippen LogP contribution >= 0.6 is 15.9 Å². The lowest BCUT2D eigenvalue weighted by Crippen LogP contribution is -2.29. The van der Waals surface area contributed by atoms with E-state index in [1.54, 1.807) is 6.07 Å². The summed E-state index contributed by atoms with van der Waals surface area (Å²) in [6, 6.07) is 4.64. The summed E-state index contributed by atoms with van der Waals surface area (Å²) in [4.78, 5) is 0.248. The van der Waals surface area contributed by atoms with Crippen molar-refractivity contribution in [1.29, 1.82) is 0 Å². The first-order valence-corrected chi connectivity index (χ1v) is 8.34. The molecule has 1 atom stereocenters. The van der Waals surface area contributed by atoms with Gasteiger partial charge >= 0.3 is 0 Å². The second-order valence-corrected chi connectivity index (χ2v) is 7.51. The predicted molar refractivity (Wildman–Crippen MR) is 77.1 cm³/mol. The molecule has 0 amide bonds. The molecule has 19 heavy (non-hydrogen) atoms. The molecule has 0 spiro atoms. The van der Waals surface area contributed by atoms with E-state index in [2.05, 4.69) is 15.9 Å². The van der Waals surface area contributed by atoms with Crippen molar-refractivity contribution in [2.75, 3.05) is 25.4 Å². The molecule has 1 unspecified atom stereocenters. The quantitative estimate of drug-likeness (QED) is 0.806. The van der Waals surface area contributed by atoms with Gasteiger partial charge in [0.2, 0.25) is 10.0 Å². The normalized spacial score (nSPS) is 20.8. The Morgan fingerprint density at radius 2 is 2.21 bits per heavy atom. The van der Waals surface area contributed by atoms with Crippen molar-refractivity contribution in [3.8, 4) is 0 Å². The molecule has 106 valence electrons. The summed E-state index contributed by atoms with van der Waals surface area (Å²) in [6.45, 7) is 1.09. The molecule has 1 aromatic carbocycles. The first-order valence-electron chi connectivity index (χ1n) is 6.11. The van der Waals surface area contributed by atoms with E-state index >= 15 is 0 Å². The van der Waals surface area contributed by atoms with Crippen LogP contribution < -0.4 is 5.73 Å². The predicted octanol–water partition coefficient (Wildman–Crippen LogP) is 1.42. The van der Waals surface area contributed by atoms with Crippen molar-refractivity contribution in [1.82, 2.24) is 4.31 Å². The molecule has 0 bridgehead atoms. The van der Waals surface area contributed by atoms with E-state index in [1.165, 1.54) is 16.4 Å². The minimum absolute atomic E-state index is 0.103. The Kier molecular flexibility index (Phi) is 4.50. The van der Waals surface area contributed by atoms with E-state index in [1.807, 2.05) is 0 Å². The molecule has 7 heteroatoms. The van der Waals surface area contributed by atoms with Crippen molar-refractivity contribution < 1.29 is 13.5 Å². The Bertz CT molecular complexity index is 562. The Hall–Kier alpha value is -0.630. The van der Waals surface area contributed by atoms with Gasteiger partial charge in [0, 0.05) is 29.9 Å². The molecule has 0 saturated carbocycles. The number of nitrogen functional groups attached to an aromatic ring is 1. The Balaban J connectivity index is 2.21. The molecule has 0 radical (unpaired) electrons. The van der Waals surface area contributed by atoms with Crippen LogP contribution in [-0.2, 0) is 10.0 Å². The monoisotopic (exact) mass is 348 g/mol. The Morgan fingerprint density at radius 3 is 2.84 bits per heavy atom. The van der Waals surface area contributed by atoms with Crippen LogP contribution in [0.15, 0.2) is 27.6 Å². The maximum atomic E-state index is 12.4. The topological polar surface area (TPSA) is 83.6 Å². The summed E-state index contributed by atoms with van der Waals surface area (Å²) in [5.41, 5.74) is 6.18. The first kappa shape index (κ1) is 14.8. The third kappa shape index (κ3) is 3.10. The van der Waals surface area contributed by atoms with Crippen molar-refractivity contribution in [2.45, 2.75) is 17.7 Å². The van der Waals surface area contributed by atoms with Crippen LogP contribution in [-0.4, -0.2) is 37.5 Å². The number of benzene rings is 1. The van der Waals surface area contributed by atoms with E-state index in [0.29, 0.717) is 29.7 Å². The molecule has 1 heterocycles. The molecular formula is C12H17BrN2O3S. The maximum Gasteiger partial charge on any atom is 0.243 e. The second-order valence-electron chi connectivity index (χ2n) is 4.71. The van der Waals surface area contributed by atoms with Gasteiger partial charge in [0.15, 0.2) is 0 Å². The smallest absolute Gasteiger partial charge is 0.243 e. The number of aliphatic hydroxyl groups is 1. The summed E-state index contributed by atoms with van der Waals surface area (Å²) in [6.07, 6.45) is 1.45. The zero-order valence-corrected chi connectivity index (χ0v) is 12.8. The van der Waals surface area contributed by atoms with Gasteiger partial charge in [0.1, 0.15) is 0 Å². The van der Waals surface area contributed by atoms with Gasteiger partial charge in [-0.15, -0.1) is 0 Å². The average molecular weight is 349 g/mol. The van der Waals surface area contributed by atoms with Crippen molar-refractivity contribution in [3.63, 3.8) is 0 Å². The molecule has 0 aliphatic carbocycles. The maximum absolute atomic E-state index is 12.4. The fraction of sp³-hybridized carbons (Fsp3) is 0.500. The fourth-order valence-corrected chi connectivity index (χ4v) is 4.34. The van der Waals surface area contributed by atoms with Crippen molar-refractivity contribution in [2.24, 2.45) is 5.92 Å². The van der Waals surface area contributed by atoms with Gasteiger partial charge in [-0.2, -0.15) is 4.31 Å². The Labute approximate surface area is 121 Å². The highest BCUT2D eigenvalue weighted by molar-refractivity contribution is 9.10. The number of nitrogens with zero attached hydrogens (tertiary/aromatic N) is 1. The summed E-state index contributed by atoms with van der Waals surface area (Å²) in [5.74, 6) is 0.247. The SMILES string of the molecule is Nc1ccc(S(=O)(=O)N2CCC(CCO)C2)cc1Br. The van der Waals surface area contributed by atoms with Crippen LogP contribution in [0.3, 0.4) is 0 Å². The van der Waals surface area contributed by atoms with Gasteiger partial charge in [-0.1, -0.05) is 0 Å².